The smallest absolute Gasteiger partial charge is 0.334 e. The van der Waals surface area contributed by atoms with Crippen LogP contribution in [0.3, 0.4) is 0 Å². The van der Waals surface area contributed by atoms with Crippen LogP contribution in [0.4, 0.5) is 0 Å². The van der Waals surface area contributed by atoms with Crippen molar-refractivity contribution < 1.29 is 14.1 Å². The number of allylic oxidation sites excluding steroid dienone is 3. The number of rotatable bonds is 4. The zero-order valence-corrected chi connectivity index (χ0v) is 14.0. The third-order valence-corrected chi connectivity index (χ3v) is 5.34. The van der Waals surface area contributed by atoms with Gasteiger partial charge in [-0.25, -0.2) is 4.79 Å². The molecule has 23 heavy (non-hydrogen) atoms. The van der Waals surface area contributed by atoms with Gasteiger partial charge >= 0.3 is 5.97 Å². The molecule has 2 N–H and O–H groups in total. The first-order valence-corrected chi connectivity index (χ1v) is 8.52. The van der Waals surface area contributed by atoms with E-state index < -0.39 is 22.7 Å². The van der Waals surface area contributed by atoms with Crippen LogP contribution in [0, 0.1) is 11.3 Å². The van der Waals surface area contributed by atoms with Gasteiger partial charge in [-0.3, -0.25) is 4.21 Å². The molecule has 0 aliphatic carbocycles. The molecule has 2 atom stereocenters. The molecule has 1 aromatic carbocycles. The predicted octanol–water partition coefficient (Wildman–Crippen LogP) is 2.60. The van der Waals surface area contributed by atoms with Crippen molar-refractivity contribution in [1.29, 1.82) is 5.26 Å². The van der Waals surface area contributed by atoms with Crippen LogP contribution in [-0.2, 0) is 15.6 Å². The van der Waals surface area contributed by atoms with E-state index in [9.17, 15) is 14.1 Å². The number of carboxylic acids is 1. The van der Waals surface area contributed by atoms with E-state index in [1.807, 2.05) is 0 Å². The summed E-state index contributed by atoms with van der Waals surface area (Å²) in [5.74, 6) is -1.28. The molecule has 0 amide bonds. The minimum Gasteiger partial charge on any atom is -0.478 e. The molecule has 0 bridgehead atoms. The molecule has 0 saturated heterocycles. The number of aliphatic carboxylic acids is 1. The number of benzene rings is 1. The summed E-state index contributed by atoms with van der Waals surface area (Å²) in [5, 5.41) is 21.8. The summed E-state index contributed by atoms with van der Waals surface area (Å²) in [5.41, 5.74) is 2.52. The van der Waals surface area contributed by atoms with Gasteiger partial charge in [-0.2, -0.15) is 5.26 Å². The van der Waals surface area contributed by atoms with Crippen LogP contribution in [0.25, 0.3) is 0 Å². The highest BCUT2D eigenvalue weighted by Gasteiger charge is 2.35. The van der Waals surface area contributed by atoms with Crippen LogP contribution in [0.5, 0.6) is 0 Å². The zero-order chi connectivity index (χ0) is 17.1. The second-order valence-corrected chi connectivity index (χ2v) is 6.97. The van der Waals surface area contributed by atoms with Crippen molar-refractivity contribution in [1.82, 2.24) is 5.32 Å². The molecule has 120 valence electrons. The summed E-state index contributed by atoms with van der Waals surface area (Å²) >= 11 is 0. The van der Waals surface area contributed by atoms with E-state index >= 15 is 0 Å². The molecule has 0 aromatic heterocycles. The Morgan fingerprint density at radius 1 is 1.39 bits per heavy atom. The molecule has 0 radical (unpaired) electrons. The molecular weight excluding hydrogens is 312 g/mol. The third kappa shape index (κ3) is 3.20. The predicted molar refractivity (Wildman–Crippen MR) is 88.8 cm³/mol. The Kier molecular flexibility index (Phi) is 5.02. The van der Waals surface area contributed by atoms with Crippen LogP contribution in [-0.4, -0.2) is 21.0 Å². The standard InChI is InChI=1S/C17H18N2O3S/c1-4-23(22)16-11(3)19-10(2)14(17(20)21)15(16)13-7-5-6-12(8-13)9-18/h5-8,15,19H,4H2,1-3H3,(H,20,21). The highest BCUT2D eigenvalue weighted by Crippen LogP contribution is 2.39. The van der Waals surface area contributed by atoms with E-state index in [1.165, 1.54) is 0 Å². The maximum atomic E-state index is 12.5. The summed E-state index contributed by atoms with van der Waals surface area (Å²) in [6.45, 7) is 5.29. The van der Waals surface area contributed by atoms with Crippen molar-refractivity contribution in [2.75, 3.05) is 5.75 Å². The number of carboxylic acid groups (broad SMARTS) is 1. The van der Waals surface area contributed by atoms with Crippen LogP contribution < -0.4 is 5.32 Å². The number of carbonyl (C=O) groups is 1. The highest BCUT2D eigenvalue weighted by molar-refractivity contribution is 7.89. The molecule has 2 unspecified atom stereocenters. The Morgan fingerprint density at radius 3 is 2.65 bits per heavy atom. The molecule has 1 aromatic rings. The van der Waals surface area contributed by atoms with E-state index in [0.717, 1.165) is 0 Å². The normalized spacial score (nSPS) is 19.1. The van der Waals surface area contributed by atoms with Crippen LogP contribution >= 0.6 is 0 Å². The monoisotopic (exact) mass is 330 g/mol. The number of nitrogens with one attached hydrogen (secondary N) is 1. The second kappa shape index (κ2) is 6.80. The van der Waals surface area contributed by atoms with Gasteiger partial charge in [0.05, 0.1) is 33.9 Å². The SMILES string of the molecule is CCS(=O)C1=C(C)NC(C)=C(C(=O)O)C1c1cccc(C#N)c1. The van der Waals surface area contributed by atoms with E-state index in [2.05, 4.69) is 11.4 Å². The van der Waals surface area contributed by atoms with E-state index in [1.54, 1.807) is 45.0 Å². The summed E-state index contributed by atoms with van der Waals surface area (Å²) in [7, 11) is -1.30. The minimum absolute atomic E-state index is 0.169. The maximum absolute atomic E-state index is 12.5. The van der Waals surface area contributed by atoms with Gasteiger partial charge in [0.2, 0.25) is 0 Å². The number of dihydropyridines is 1. The Labute approximate surface area is 137 Å². The van der Waals surface area contributed by atoms with Gasteiger partial charge in [0.15, 0.2) is 0 Å². The molecular formula is C17H18N2O3S. The van der Waals surface area contributed by atoms with E-state index in [4.69, 9.17) is 5.26 Å². The molecule has 1 aliphatic heterocycles. The Bertz CT molecular complexity index is 787. The van der Waals surface area contributed by atoms with Gasteiger partial charge in [-0.05, 0) is 31.5 Å². The molecule has 2 rings (SSSR count). The molecule has 5 nitrogen and oxygen atoms in total. The van der Waals surface area contributed by atoms with Gasteiger partial charge in [0, 0.05) is 22.1 Å². The van der Waals surface area contributed by atoms with E-state index in [0.29, 0.717) is 33.2 Å². The lowest BCUT2D eigenvalue weighted by Gasteiger charge is -2.30. The average Bonchev–Trinajstić information content (AvgIpc) is 2.53. The van der Waals surface area contributed by atoms with Crippen molar-refractivity contribution in [2.45, 2.75) is 26.7 Å². The molecule has 1 heterocycles. The zero-order valence-electron chi connectivity index (χ0n) is 13.2. The second-order valence-electron chi connectivity index (χ2n) is 5.26. The van der Waals surface area contributed by atoms with Crippen LogP contribution in [0.15, 0.2) is 46.1 Å². The fraction of sp³-hybridized carbons (Fsp3) is 0.294. The summed E-state index contributed by atoms with van der Waals surface area (Å²) in [4.78, 5) is 12.3. The Balaban J connectivity index is 2.72. The summed E-state index contributed by atoms with van der Waals surface area (Å²) in [6.07, 6.45) is 0. The first-order valence-electron chi connectivity index (χ1n) is 7.21. The lowest BCUT2D eigenvalue weighted by Crippen LogP contribution is -2.30. The average molecular weight is 330 g/mol. The van der Waals surface area contributed by atoms with Gasteiger partial charge < -0.3 is 10.4 Å². The number of hydrogen-bond acceptors (Lipinski definition) is 4. The maximum Gasteiger partial charge on any atom is 0.334 e. The first-order chi connectivity index (χ1) is 10.9. The topological polar surface area (TPSA) is 90.2 Å². The van der Waals surface area contributed by atoms with Gasteiger partial charge in [0.1, 0.15) is 0 Å². The van der Waals surface area contributed by atoms with Crippen molar-refractivity contribution >= 4 is 16.8 Å². The van der Waals surface area contributed by atoms with Crippen molar-refractivity contribution in [3.63, 3.8) is 0 Å². The Morgan fingerprint density at radius 2 is 2.09 bits per heavy atom. The van der Waals surface area contributed by atoms with Crippen LogP contribution in [0.1, 0.15) is 37.8 Å². The fourth-order valence-electron chi connectivity index (χ4n) is 2.82. The first kappa shape index (κ1) is 17.0. The lowest BCUT2D eigenvalue weighted by atomic mass is 9.86. The molecule has 0 fully saturated rings. The van der Waals surface area contributed by atoms with Gasteiger partial charge in [-0.1, -0.05) is 19.1 Å². The van der Waals surface area contributed by atoms with Crippen molar-refractivity contribution in [3.05, 3.63) is 57.3 Å². The quantitative estimate of drug-likeness (QED) is 0.885. The minimum atomic E-state index is -1.30. The number of nitriles is 1. The Hall–Kier alpha value is -2.39. The van der Waals surface area contributed by atoms with Crippen molar-refractivity contribution in [2.24, 2.45) is 0 Å². The molecule has 0 saturated carbocycles. The van der Waals surface area contributed by atoms with Gasteiger partial charge in [-0.15, -0.1) is 0 Å². The fourth-order valence-corrected chi connectivity index (χ4v) is 4.04. The lowest BCUT2D eigenvalue weighted by molar-refractivity contribution is -0.133. The molecule has 0 spiro atoms. The molecule has 1 aliphatic rings. The summed E-state index contributed by atoms with van der Waals surface area (Å²) in [6, 6.07) is 8.87. The molecule has 6 heteroatoms. The number of hydrogen-bond donors (Lipinski definition) is 2. The van der Waals surface area contributed by atoms with Crippen molar-refractivity contribution in [3.8, 4) is 6.07 Å². The highest BCUT2D eigenvalue weighted by atomic mass is 32.2. The largest absolute Gasteiger partial charge is 0.478 e. The third-order valence-electron chi connectivity index (χ3n) is 3.79. The van der Waals surface area contributed by atoms with Crippen LogP contribution in [0.2, 0.25) is 0 Å². The number of nitrogens with zero attached hydrogens (tertiary/aromatic N) is 1. The van der Waals surface area contributed by atoms with Gasteiger partial charge in [0.25, 0.3) is 0 Å². The van der Waals surface area contributed by atoms with E-state index in [-0.39, 0.29) is 5.57 Å². The summed E-state index contributed by atoms with van der Waals surface area (Å²) < 4.78 is 12.5.